The second kappa shape index (κ2) is 16.6. The van der Waals surface area contributed by atoms with E-state index in [0.29, 0.717) is 5.56 Å². The molecule has 58 heavy (non-hydrogen) atoms. The number of benzene rings is 5. The van der Waals surface area contributed by atoms with Crippen LogP contribution in [0.5, 0.6) is 11.5 Å². The number of esters is 1. The summed E-state index contributed by atoms with van der Waals surface area (Å²) >= 11 is 27.6. The number of halogens is 4. The topological polar surface area (TPSA) is 51.2 Å². The molecule has 8 rings (SSSR count). The lowest BCUT2D eigenvalue weighted by molar-refractivity contribution is 0.0300. The number of aryl methyl sites for hydroxylation is 2. The molecule has 10 heteroatoms. The van der Waals surface area contributed by atoms with Crippen molar-refractivity contribution in [2.75, 3.05) is 50.2 Å². The average Bonchev–Trinajstić information content (AvgIpc) is 4.03. The second-order valence-corrected chi connectivity index (χ2v) is 16.7. The zero-order chi connectivity index (χ0) is 40.7. The van der Waals surface area contributed by atoms with Gasteiger partial charge in [0.1, 0.15) is 11.5 Å². The van der Waals surface area contributed by atoms with Crippen molar-refractivity contribution in [3.63, 3.8) is 0 Å². The van der Waals surface area contributed by atoms with Crippen LogP contribution in [0.25, 0.3) is 11.1 Å². The maximum Gasteiger partial charge on any atom is 0.341 e. The normalized spacial score (nSPS) is 18.2. The summed E-state index contributed by atoms with van der Waals surface area (Å²) in [5, 5.41) is 0.0760. The zero-order valence-corrected chi connectivity index (χ0v) is 36.0. The van der Waals surface area contributed by atoms with Gasteiger partial charge in [-0.2, -0.15) is 0 Å². The van der Waals surface area contributed by atoms with Crippen LogP contribution in [0, 0.1) is 13.8 Å². The summed E-state index contributed by atoms with van der Waals surface area (Å²) in [6.45, 7) is 8.10. The van der Waals surface area contributed by atoms with Crippen LogP contribution in [-0.2, 0) is 10.3 Å². The number of fused-ring (bicyclic) bond motifs is 1. The van der Waals surface area contributed by atoms with Gasteiger partial charge in [0.05, 0.1) is 39.9 Å². The number of methoxy groups -OCH3 is 2. The lowest BCUT2D eigenvalue weighted by Gasteiger charge is -2.28. The van der Waals surface area contributed by atoms with Crippen LogP contribution in [0.15, 0.2) is 97.1 Å². The summed E-state index contributed by atoms with van der Waals surface area (Å²) in [4.78, 5) is 19.1. The first-order valence-corrected chi connectivity index (χ1v) is 21.1. The number of hydrogen-bond donors (Lipinski definition) is 0. The van der Waals surface area contributed by atoms with Crippen LogP contribution in [-0.4, -0.2) is 46.4 Å². The summed E-state index contributed by atoms with van der Waals surface area (Å²) in [5.41, 5.74) is 8.10. The van der Waals surface area contributed by atoms with E-state index in [4.69, 9.17) is 60.6 Å². The van der Waals surface area contributed by atoms with Crippen LogP contribution >= 0.6 is 46.4 Å². The highest BCUT2D eigenvalue weighted by molar-refractivity contribution is 6.53. The molecule has 2 fully saturated rings. The Kier molecular flexibility index (Phi) is 11.5. The van der Waals surface area contributed by atoms with Gasteiger partial charge in [-0.15, -0.1) is 0 Å². The number of carbonyl (C=O) groups is 1. The van der Waals surface area contributed by atoms with E-state index in [-0.39, 0.29) is 25.7 Å². The lowest BCUT2D eigenvalue weighted by atomic mass is 9.82. The van der Waals surface area contributed by atoms with Crippen molar-refractivity contribution < 1.29 is 19.0 Å². The maximum absolute atomic E-state index is 14.3. The van der Waals surface area contributed by atoms with Crippen molar-refractivity contribution in [3.8, 4) is 11.5 Å². The molecular formula is C48H44Cl4N2O4. The number of rotatable bonds is 10. The van der Waals surface area contributed by atoms with Gasteiger partial charge in [-0.05, 0) is 145 Å². The smallest absolute Gasteiger partial charge is 0.341 e. The first kappa shape index (κ1) is 40.2. The molecule has 6 nitrogen and oxygen atoms in total. The van der Waals surface area contributed by atoms with Crippen LogP contribution in [0.1, 0.15) is 75.0 Å². The van der Waals surface area contributed by atoms with E-state index >= 15 is 0 Å². The molecule has 3 aliphatic heterocycles. The van der Waals surface area contributed by atoms with Gasteiger partial charge in [0.15, 0.2) is 5.60 Å². The fourth-order valence-electron chi connectivity index (χ4n) is 8.53. The van der Waals surface area contributed by atoms with Crippen molar-refractivity contribution in [1.82, 2.24) is 0 Å². The molecule has 0 radical (unpaired) electrons. The largest absolute Gasteiger partial charge is 0.496 e. The van der Waals surface area contributed by atoms with Crippen molar-refractivity contribution in [2.24, 2.45) is 0 Å². The van der Waals surface area contributed by atoms with Crippen LogP contribution in [0.3, 0.4) is 0 Å². The molecule has 2 saturated heterocycles. The number of carbonyl (C=O) groups excluding carboxylic acids is 1. The molecular weight excluding hydrogens is 810 g/mol. The summed E-state index contributed by atoms with van der Waals surface area (Å²) in [6, 6.07) is 29.1. The third kappa shape index (κ3) is 7.45. The predicted octanol–water partition coefficient (Wildman–Crippen LogP) is 12.8. The molecule has 0 amide bonds. The van der Waals surface area contributed by atoms with E-state index in [0.717, 1.165) is 93.6 Å². The van der Waals surface area contributed by atoms with Crippen molar-refractivity contribution >= 4 is 74.9 Å². The molecule has 0 spiro atoms. The summed E-state index contributed by atoms with van der Waals surface area (Å²) in [7, 11) is 3.32. The Morgan fingerprint density at radius 2 is 0.983 bits per heavy atom. The molecule has 0 aromatic heterocycles. The van der Waals surface area contributed by atoms with E-state index in [2.05, 4.69) is 70.5 Å². The molecule has 5 aromatic carbocycles. The minimum Gasteiger partial charge on any atom is -0.496 e. The number of ether oxygens (including phenoxy) is 3. The third-order valence-electron chi connectivity index (χ3n) is 11.6. The van der Waals surface area contributed by atoms with Crippen molar-refractivity contribution in [1.29, 1.82) is 0 Å². The Balaban J connectivity index is 1.43. The average molecular weight is 855 g/mol. The van der Waals surface area contributed by atoms with Crippen LogP contribution in [0.2, 0.25) is 20.1 Å². The third-order valence-corrected chi connectivity index (χ3v) is 13.4. The number of cyclic esters (lactones) is 1. The van der Waals surface area contributed by atoms with Crippen LogP contribution in [0.4, 0.5) is 11.4 Å². The number of anilines is 2. The van der Waals surface area contributed by atoms with Crippen LogP contribution < -0.4 is 19.3 Å². The molecule has 5 aromatic rings. The Hall–Kier alpha value is -4.59. The monoisotopic (exact) mass is 852 g/mol. The molecule has 3 aliphatic rings. The first-order valence-electron chi connectivity index (χ1n) is 19.6. The molecule has 0 saturated carbocycles. The molecule has 0 bridgehead atoms. The second-order valence-electron chi connectivity index (χ2n) is 15.2. The highest BCUT2D eigenvalue weighted by atomic mass is 35.5. The molecule has 0 aliphatic carbocycles. The summed E-state index contributed by atoms with van der Waals surface area (Å²) < 4.78 is 18.0. The fourth-order valence-corrected chi connectivity index (χ4v) is 9.61. The maximum atomic E-state index is 14.3. The number of hydrogen-bond acceptors (Lipinski definition) is 6. The van der Waals surface area contributed by atoms with Gasteiger partial charge in [0, 0.05) is 43.1 Å². The predicted molar refractivity (Wildman–Crippen MR) is 239 cm³/mol. The first-order chi connectivity index (χ1) is 28.0. The van der Waals surface area contributed by atoms with Gasteiger partial charge in [-0.1, -0.05) is 82.8 Å². The van der Waals surface area contributed by atoms with Crippen molar-refractivity contribution in [3.05, 3.63) is 162 Å². The fraction of sp³-hybridized carbons (Fsp3) is 0.271. The Morgan fingerprint density at radius 1 is 0.586 bits per heavy atom. The van der Waals surface area contributed by atoms with E-state index in [9.17, 15) is 4.79 Å². The zero-order valence-electron chi connectivity index (χ0n) is 32.9. The lowest BCUT2D eigenvalue weighted by Crippen LogP contribution is -2.23. The standard InChI is InChI=1S/C48H44Cl4N2O4/c1-29-25-33(13-19-39(29)56-3)37(31-9-15-35(16-10-31)53-21-5-6-22-53)27-48(42-41(47(55)58-48)43(49)45(51)46(52)44(42)50)28-38(34-14-20-40(57-4)30(2)26-34)32-11-17-36(18-12-32)54-23-7-8-24-54/h9-20,25-28H,5-8,21-24H2,1-4H3/b37-27-,38-28-. The van der Waals surface area contributed by atoms with Gasteiger partial charge in [0.2, 0.25) is 0 Å². The summed E-state index contributed by atoms with van der Waals surface area (Å²) in [5.74, 6) is 0.841. The van der Waals surface area contributed by atoms with E-state index in [1.54, 1.807) is 14.2 Å². The van der Waals surface area contributed by atoms with E-state index in [1.807, 2.05) is 50.3 Å². The molecule has 3 heterocycles. The molecule has 298 valence electrons. The van der Waals surface area contributed by atoms with Gasteiger partial charge in [-0.25, -0.2) is 4.79 Å². The van der Waals surface area contributed by atoms with E-state index < -0.39 is 11.6 Å². The Labute approximate surface area is 360 Å². The summed E-state index contributed by atoms with van der Waals surface area (Å²) in [6.07, 6.45) is 8.61. The minimum absolute atomic E-state index is 0.0141. The SMILES string of the molecule is COc1ccc(/C(=C\C2(/C=C(/c3ccc(N4CCCC4)cc3)c3ccc(OC)c(C)c3)OC(=O)c3c(Cl)c(Cl)c(Cl)c(Cl)c32)c2ccc(N3CCCC3)cc2)cc1C. The van der Waals surface area contributed by atoms with Gasteiger partial charge in [0.25, 0.3) is 0 Å². The van der Waals surface area contributed by atoms with Gasteiger partial charge >= 0.3 is 5.97 Å². The van der Waals surface area contributed by atoms with Crippen molar-refractivity contribution in [2.45, 2.75) is 45.1 Å². The van der Waals surface area contributed by atoms with E-state index in [1.165, 1.54) is 25.7 Å². The number of nitrogens with zero attached hydrogens (tertiary/aromatic N) is 2. The minimum atomic E-state index is -1.63. The van der Waals surface area contributed by atoms with Gasteiger partial charge < -0.3 is 24.0 Å². The Morgan fingerprint density at radius 3 is 1.38 bits per heavy atom. The molecule has 0 unspecified atom stereocenters. The highest BCUT2D eigenvalue weighted by Crippen LogP contribution is 2.54. The Bertz CT molecular complexity index is 2320. The van der Waals surface area contributed by atoms with Gasteiger partial charge in [-0.3, -0.25) is 0 Å². The molecule has 0 N–H and O–H groups in total. The molecule has 0 atom stereocenters. The highest BCUT2D eigenvalue weighted by Gasteiger charge is 2.48. The quantitative estimate of drug-likeness (QED) is 0.0792.